The molecule has 1 N–H and O–H groups in total. The molecule has 0 unspecified atom stereocenters. The maximum atomic E-state index is 10.8. The second-order valence-electron chi connectivity index (χ2n) is 2.68. The van der Waals surface area contributed by atoms with E-state index in [-0.39, 0.29) is 5.91 Å². The lowest BCUT2D eigenvalue weighted by atomic mass is 10.6. The molecule has 2 heterocycles. The summed E-state index contributed by atoms with van der Waals surface area (Å²) < 4.78 is 1.70. The number of rotatable bonds is 3. The Bertz CT molecular complexity index is 347. The molecule has 0 aromatic carbocycles. The number of aliphatic imine (C=N–C) groups is 1. The lowest BCUT2D eigenvalue weighted by Gasteiger charge is -1.97. The van der Waals surface area contributed by atoms with Crippen LogP contribution in [-0.2, 0) is 11.3 Å². The summed E-state index contributed by atoms with van der Waals surface area (Å²) in [4.78, 5) is 18.8. The molecule has 1 amide bonds. The highest BCUT2D eigenvalue weighted by molar-refractivity contribution is 8.15. The zero-order chi connectivity index (χ0) is 9.80. The summed E-state index contributed by atoms with van der Waals surface area (Å²) >= 11 is 1.43. The molecule has 1 aromatic heterocycles. The molecule has 0 spiro atoms. The number of hydrogen-bond acceptors (Lipinski definition) is 5. The molecule has 1 fully saturated rings. The van der Waals surface area contributed by atoms with Crippen molar-refractivity contribution in [2.24, 2.45) is 4.99 Å². The Labute approximate surface area is 84.8 Å². The number of nitrogens with one attached hydrogen (secondary N) is 1. The summed E-state index contributed by atoms with van der Waals surface area (Å²) in [5, 5.41) is 7.30. The summed E-state index contributed by atoms with van der Waals surface area (Å²) in [6, 6.07) is 0. The standard InChI is InChI=1S/C7H9N5OS/c13-6-3-14-7(11-6)9-1-2-12-5-8-4-10-12/h4-5H,1-3H2,(H,9,11,13). The third-order valence-corrected chi connectivity index (χ3v) is 2.55. The number of amidine groups is 1. The molecule has 0 radical (unpaired) electrons. The first-order valence-corrected chi connectivity index (χ1v) is 5.12. The summed E-state index contributed by atoms with van der Waals surface area (Å²) in [6.07, 6.45) is 3.12. The van der Waals surface area contributed by atoms with Gasteiger partial charge in [-0.2, -0.15) is 5.10 Å². The molecule has 2 rings (SSSR count). The number of nitrogens with zero attached hydrogens (tertiary/aromatic N) is 4. The van der Waals surface area contributed by atoms with Crippen LogP contribution in [0.5, 0.6) is 0 Å². The molecule has 0 aliphatic carbocycles. The third-order valence-electron chi connectivity index (χ3n) is 1.64. The Morgan fingerprint density at radius 2 is 2.64 bits per heavy atom. The molecule has 7 heteroatoms. The molecular formula is C7H9N5OS. The van der Waals surface area contributed by atoms with Gasteiger partial charge in [-0.1, -0.05) is 11.8 Å². The largest absolute Gasteiger partial charge is 0.305 e. The average Bonchev–Trinajstić information content (AvgIpc) is 2.77. The summed E-state index contributed by atoms with van der Waals surface area (Å²) in [7, 11) is 0. The minimum atomic E-state index is 0.0227. The van der Waals surface area contributed by atoms with Gasteiger partial charge in [0.2, 0.25) is 5.91 Å². The van der Waals surface area contributed by atoms with Crippen molar-refractivity contribution in [1.29, 1.82) is 0 Å². The van der Waals surface area contributed by atoms with Gasteiger partial charge in [0, 0.05) is 0 Å². The highest BCUT2D eigenvalue weighted by Gasteiger charge is 2.15. The SMILES string of the molecule is O=C1CSC(=NCCn2cncn2)N1. The van der Waals surface area contributed by atoms with Gasteiger partial charge in [0.1, 0.15) is 12.7 Å². The Hall–Kier alpha value is -1.37. The molecule has 0 bridgehead atoms. The van der Waals surface area contributed by atoms with Crippen molar-refractivity contribution in [3.05, 3.63) is 12.7 Å². The first-order valence-electron chi connectivity index (χ1n) is 4.14. The van der Waals surface area contributed by atoms with Gasteiger partial charge in [0.15, 0.2) is 5.17 Å². The summed E-state index contributed by atoms with van der Waals surface area (Å²) in [5.41, 5.74) is 0. The van der Waals surface area contributed by atoms with E-state index in [1.54, 1.807) is 11.0 Å². The van der Waals surface area contributed by atoms with E-state index in [9.17, 15) is 4.79 Å². The van der Waals surface area contributed by atoms with Crippen molar-refractivity contribution >= 4 is 22.8 Å². The number of thioether (sulfide) groups is 1. The zero-order valence-corrected chi connectivity index (χ0v) is 8.20. The highest BCUT2D eigenvalue weighted by Crippen LogP contribution is 2.08. The first kappa shape index (κ1) is 9.20. The van der Waals surface area contributed by atoms with Crippen molar-refractivity contribution in [3.8, 4) is 0 Å². The topological polar surface area (TPSA) is 72.2 Å². The molecule has 1 aromatic rings. The number of amides is 1. The van der Waals surface area contributed by atoms with Crippen molar-refractivity contribution in [2.75, 3.05) is 12.3 Å². The van der Waals surface area contributed by atoms with Crippen LogP contribution in [0.15, 0.2) is 17.6 Å². The van der Waals surface area contributed by atoms with Gasteiger partial charge < -0.3 is 5.32 Å². The van der Waals surface area contributed by atoms with Gasteiger partial charge in [-0.25, -0.2) is 4.98 Å². The fraction of sp³-hybridized carbons (Fsp3) is 0.429. The van der Waals surface area contributed by atoms with Crippen molar-refractivity contribution in [3.63, 3.8) is 0 Å². The summed E-state index contributed by atoms with van der Waals surface area (Å²) in [5.74, 6) is 0.497. The van der Waals surface area contributed by atoms with Gasteiger partial charge in [-0.05, 0) is 0 Å². The van der Waals surface area contributed by atoms with Crippen LogP contribution in [0.2, 0.25) is 0 Å². The van der Waals surface area contributed by atoms with Gasteiger partial charge in [-0.15, -0.1) is 0 Å². The van der Waals surface area contributed by atoms with Crippen LogP contribution in [0.4, 0.5) is 0 Å². The van der Waals surface area contributed by atoms with E-state index in [1.807, 2.05) is 0 Å². The molecule has 1 aliphatic rings. The fourth-order valence-corrected chi connectivity index (χ4v) is 1.72. The van der Waals surface area contributed by atoms with E-state index in [4.69, 9.17) is 0 Å². The fourth-order valence-electron chi connectivity index (χ4n) is 1.01. The lowest BCUT2D eigenvalue weighted by molar-refractivity contribution is -0.116. The van der Waals surface area contributed by atoms with E-state index in [0.717, 1.165) is 0 Å². The molecule has 6 nitrogen and oxygen atoms in total. The Morgan fingerprint density at radius 1 is 1.71 bits per heavy atom. The average molecular weight is 211 g/mol. The van der Waals surface area contributed by atoms with Gasteiger partial charge >= 0.3 is 0 Å². The van der Waals surface area contributed by atoms with E-state index < -0.39 is 0 Å². The Balaban J connectivity index is 1.80. The lowest BCUT2D eigenvalue weighted by Crippen LogP contribution is -2.20. The van der Waals surface area contributed by atoms with Crippen LogP contribution in [0, 0.1) is 0 Å². The predicted octanol–water partition coefficient (Wildman–Crippen LogP) is -0.503. The van der Waals surface area contributed by atoms with Gasteiger partial charge in [-0.3, -0.25) is 14.5 Å². The normalized spacial score (nSPS) is 18.9. The van der Waals surface area contributed by atoms with Crippen LogP contribution >= 0.6 is 11.8 Å². The van der Waals surface area contributed by atoms with Crippen LogP contribution < -0.4 is 5.32 Å². The second kappa shape index (κ2) is 4.23. The quantitative estimate of drug-likeness (QED) is 0.731. The smallest absolute Gasteiger partial charge is 0.236 e. The van der Waals surface area contributed by atoms with Crippen LogP contribution in [-0.4, -0.2) is 38.1 Å². The molecule has 0 atom stereocenters. The maximum absolute atomic E-state index is 10.8. The first-order chi connectivity index (χ1) is 6.84. The highest BCUT2D eigenvalue weighted by atomic mass is 32.2. The Morgan fingerprint density at radius 3 is 3.29 bits per heavy atom. The third kappa shape index (κ3) is 2.32. The number of carbonyl (C=O) groups is 1. The molecule has 0 saturated carbocycles. The molecule has 1 aliphatic heterocycles. The molecule has 1 saturated heterocycles. The van der Waals surface area contributed by atoms with Gasteiger partial charge in [0.05, 0.1) is 18.8 Å². The molecule has 14 heavy (non-hydrogen) atoms. The van der Waals surface area contributed by atoms with Crippen molar-refractivity contribution < 1.29 is 4.79 Å². The van der Waals surface area contributed by atoms with Crippen LogP contribution in [0.3, 0.4) is 0 Å². The van der Waals surface area contributed by atoms with E-state index in [0.29, 0.717) is 24.0 Å². The number of aromatic nitrogens is 3. The predicted molar refractivity (Wildman–Crippen MR) is 52.9 cm³/mol. The second-order valence-corrected chi connectivity index (χ2v) is 3.65. The van der Waals surface area contributed by atoms with Crippen LogP contribution in [0.1, 0.15) is 0 Å². The molecular weight excluding hydrogens is 202 g/mol. The minimum absolute atomic E-state index is 0.0227. The summed E-state index contributed by atoms with van der Waals surface area (Å²) in [6.45, 7) is 1.28. The van der Waals surface area contributed by atoms with Crippen molar-refractivity contribution in [2.45, 2.75) is 6.54 Å². The molecule has 74 valence electrons. The number of carbonyl (C=O) groups excluding carboxylic acids is 1. The van der Waals surface area contributed by atoms with E-state index in [2.05, 4.69) is 20.4 Å². The van der Waals surface area contributed by atoms with Crippen molar-refractivity contribution in [1.82, 2.24) is 20.1 Å². The van der Waals surface area contributed by atoms with E-state index >= 15 is 0 Å². The monoisotopic (exact) mass is 211 g/mol. The number of hydrogen-bond donors (Lipinski definition) is 1. The van der Waals surface area contributed by atoms with Crippen LogP contribution in [0.25, 0.3) is 0 Å². The zero-order valence-electron chi connectivity index (χ0n) is 7.38. The maximum Gasteiger partial charge on any atom is 0.236 e. The van der Waals surface area contributed by atoms with E-state index in [1.165, 1.54) is 18.1 Å². The Kier molecular flexibility index (Phi) is 2.78. The van der Waals surface area contributed by atoms with Gasteiger partial charge in [0.25, 0.3) is 0 Å². The minimum Gasteiger partial charge on any atom is -0.305 e.